The Hall–Kier alpha value is -1.29. The molecule has 0 aliphatic heterocycles. The number of rotatable bonds is 14. The number of carbonyl (C=O) groups excluding carboxylic acids is 1. The van der Waals surface area contributed by atoms with Gasteiger partial charge < -0.3 is 24.9 Å². The van der Waals surface area contributed by atoms with E-state index >= 15 is 0 Å². The topological polar surface area (TPSA) is 103 Å². The summed E-state index contributed by atoms with van der Waals surface area (Å²) >= 11 is 2.34. The first kappa shape index (κ1) is 42.7. The number of allylic oxidation sites excluding steroid dienone is 2. The van der Waals surface area contributed by atoms with Crippen LogP contribution in [0, 0.1) is 52.2 Å². The van der Waals surface area contributed by atoms with E-state index in [1.165, 1.54) is 24.2 Å². The molecule has 1 saturated carbocycles. The monoisotopic (exact) mass is 742 g/mol. The Morgan fingerprint density at radius 1 is 1.27 bits per heavy atom. The molecule has 0 heterocycles. The van der Waals surface area contributed by atoms with Crippen LogP contribution in [0.25, 0.3) is 0 Å². The molecule has 1 aromatic carbocycles. The molecule has 44 heavy (non-hydrogen) atoms. The van der Waals surface area contributed by atoms with Gasteiger partial charge >= 0.3 is 57.4 Å². The van der Waals surface area contributed by atoms with Crippen LogP contribution in [0.2, 0.25) is 0 Å². The third-order valence-electron chi connectivity index (χ3n) is 7.26. The molecule has 1 aliphatic carbocycles. The van der Waals surface area contributed by atoms with Gasteiger partial charge in [0.15, 0.2) is 0 Å². The first-order valence-corrected chi connectivity index (χ1v) is 16.5. The minimum atomic E-state index is -0.764. The van der Waals surface area contributed by atoms with Gasteiger partial charge in [-0.1, -0.05) is 83.2 Å². The van der Waals surface area contributed by atoms with Crippen molar-refractivity contribution in [3.8, 4) is 11.8 Å². The summed E-state index contributed by atoms with van der Waals surface area (Å²) in [5, 5.41) is 20.5. The van der Waals surface area contributed by atoms with E-state index in [2.05, 4.69) is 65.9 Å². The number of aryl methyl sites for hydroxylation is 1. The van der Waals surface area contributed by atoms with Crippen LogP contribution in [0.4, 0.5) is 5.69 Å². The number of halogens is 1. The fourth-order valence-corrected chi connectivity index (χ4v) is 5.42. The number of carboxylic acid groups (broad SMARTS) is 1. The molecule has 1 atom stereocenters. The fourth-order valence-electron chi connectivity index (χ4n) is 4.89. The number of carboxylic acids is 1. The Labute approximate surface area is 322 Å². The van der Waals surface area contributed by atoms with Crippen molar-refractivity contribution < 1.29 is 70.8 Å². The zero-order valence-corrected chi connectivity index (χ0v) is 33.3. The molecule has 7 nitrogen and oxygen atoms in total. The van der Waals surface area contributed by atoms with Gasteiger partial charge in [0.2, 0.25) is 5.91 Å². The Morgan fingerprint density at radius 2 is 1.93 bits per heavy atom. The summed E-state index contributed by atoms with van der Waals surface area (Å²) in [6.45, 7) is 12.1. The van der Waals surface area contributed by atoms with Gasteiger partial charge in [-0.25, -0.2) is 0 Å². The average molecular weight is 743 g/mol. The van der Waals surface area contributed by atoms with Gasteiger partial charge in [0.1, 0.15) is 5.90 Å². The molecule has 9 heteroatoms. The van der Waals surface area contributed by atoms with E-state index < -0.39 is 5.97 Å². The summed E-state index contributed by atoms with van der Waals surface area (Å²) in [4.78, 5) is 25.8. The van der Waals surface area contributed by atoms with Gasteiger partial charge in [0.25, 0.3) is 0 Å². The summed E-state index contributed by atoms with van der Waals surface area (Å²) < 4.78 is 6.92. The number of amides is 1. The van der Waals surface area contributed by atoms with Crippen molar-refractivity contribution in [1.29, 1.82) is 5.41 Å². The van der Waals surface area contributed by atoms with E-state index in [-0.39, 0.29) is 75.2 Å². The zero-order valence-electron chi connectivity index (χ0n) is 28.0. The maximum Gasteiger partial charge on any atom is 1.00 e. The van der Waals surface area contributed by atoms with E-state index in [1.807, 2.05) is 26.8 Å². The molecular weight excluding hydrogens is 692 g/mol. The van der Waals surface area contributed by atoms with Gasteiger partial charge in [-0.3, -0.25) is 10.2 Å². The smallest absolute Gasteiger partial charge is 0.491 e. The number of ether oxygens (including phenoxy) is 1. The number of aliphatic carboxylic acids is 1. The van der Waals surface area contributed by atoms with Crippen LogP contribution >= 0.6 is 22.6 Å². The van der Waals surface area contributed by atoms with E-state index in [9.17, 15) is 14.7 Å². The summed E-state index contributed by atoms with van der Waals surface area (Å²) in [6, 6.07) is 4.19. The number of hydrogen-bond acceptors (Lipinski definition) is 5. The summed E-state index contributed by atoms with van der Waals surface area (Å²) in [6.07, 6.45) is 15.8. The van der Waals surface area contributed by atoms with Crippen LogP contribution < -0.4 is 61.6 Å². The van der Waals surface area contributed by atoms with Gasteiger partial charge in [0, 0.05) is 10.6 Å². The van der Waals surface area contributed by atoms with Crippen LogP contribution in [0.1, 0.15) is 97.1 Å². The maximum absolute atomic E-state index is 13.1. The van der Waals surface area contributed by atoms with Crippen LogP contribution in [0.15, 0.2) is 30.0 Å². The summed E-state index contributed by atoms with van der Waals surface area (Å²) in [7, 11) is 1.74. The second kappa shape index (κ2) is 24.0. The van der Waals surface area contributed by atoms with Crippen molar-refractivity contribution in [2.75, 3.05) is 11.9 Å². The van der Waals surface area contributed by atoms with Crippen molar-refractivity contribution in [3.05, 3.63) is 57.3 Å². The third-order valence-corrected chi connectivity index (χ3v) is 8.43. The van der Waals surface area contributed by atoms with Crippen LogP contribution in [0.3, 0.4) is 0 Å². The van der Waals surface area contributed by atoms with Crippen molar-refractivity contribution in [2.45, 2.75) is 105 Å². The van der Waals surface area contributed by atoms with Crippen LogP contribution in [-0.2, 0) is 20.7 Å². The standard InChI is InChI=1S/C33H44IN3O4.C2H6.K/c1-6-8-9-12-23(3)19-26-21-29(34)24(4)20-30(26)37(32(38)11-7-2)18-10-13-27(36-5)22-31(35)41-28-16-14-25(15-17-28)33(39)40;1-2;/h10,13,20-23,25,28,35-36H,6,8-9,12,14-17,19H2,1-5H3,(H,39,40);1-2H3;/q-2;;+1/b27-13+,35-31?;;. The number of unbranched alkanes of at least 4 members (excludes halogenated alkanes) is 2. The Kier molecular flexibility index (Phi) is 23.3. The summed E-state index contributed by atoms with van der Waals surface area (Å²) in [5.74, 6) is 4.40. The first-order valence-electron chi connectivity index (χ1n) is 15.5. The number of hydrogen-bond donors (Lipinski definition) is 3. The van der Waals surface area contributed by atoms with E-state index in [0.717, 1.165) is 33.2 Å². The number of anilines is 1. The molecule has 0 saturated heterocycles. The Morgan fingerprint density at radius 3 is 2.50 bits per heavy atom. The summed E-state index contributed by atoms with van der Waals surface area (Å²) in [5.41, 5.74) is 3.56. The second-order valence-corrected chi connectivity index (χ2v) is 11.8. The zero-order chi connectivity index (χ0) is 32.4. The molecular formula is C35H50IKN3O4-. The average Bonchev–Trinajstić information content (AvgIpc) is 2.98. The Bertz CT molecular complexity index is 1180. The first-order chi connectivity index (χ1) is 20.6. The molecule has 238 valence electrons. The largest absolute Gasteiger partial charge is 1.00 e. The number of nitrogens with one attached hydrogen (secondary N) is 2. The molecule has 2 rings (SSSR count). The molecule has 1 aliphatic rings. The molecule has 0 bridgehead atoms. The number of benzene rings is 1. The Balaban J connectivity index is 0.00000603. The second-order valence-electron chi connectivity index (χ2n) is 10.7. The predicted molar refractivity (Wildman–Crippen MR) is 185 cm³/mol. The molecule has 3 N–H and O–H groups in total. The van der Waals surface area contributed by atoms with Crippen molar-refractivity contribution in [3.63, 3.8) is 0 Å². The maximum atomic E-state index is 13.1. The van der Waals surface area contributed by atoms with Gasteiger partial charge in [-0.15, -0.1) is 18.0 Å². The van der Waals surface area contributed by atoms with Crippen molar-refractivity contribution in [2.24, 2.45) is 11.8 Å². The SMILES string of the molecule is CC.CC#CC(=O)N([C-]=C/C=C(\[CH-]C(=N)OC1CCC(C(=O)O)CC1)NC)c1cc(C)c(I)cc1CC(C)CCCCC.[K+]. The predicted octanol–water partition coefficient (Wildman–Crippen LogP) is 5.01. The molecule has 0 radical (unpaired) electrons. The molecule has 0 aromatic heterocycles. The third kappa shape index (κ3) is 15.3. The fraction of sp³-hybridized carbons (Fsp3) is 0.543. The van der Waals surface area contributed by atoms with E-state index in [4.69, 9.17) is 10.1 Å². The minimum Gasteiger partial charge on any atom is -0.491 e. The van der Waals surface area contributed by atoms with Crippen LogP contribution in [-0.4, -0.2) is 36.0 Å². The van der Waals surface area contributed by atoms with E-state index in [1.54, 1.807) is 32.5 Å². The number of nitrogens with zero attached hydrogens (tertiary/aromatic N) is 1. The van der Waals surface area contributed by atoms with Crippen molar-refractivity contribution >= 4 is 46.1 Å². The van der Waals surface area contributed by atoms with Gasteiger partial charge in [-0.2, -0.15) is 12.2 Å². The molecule has 1 amide bonds. The van der Waals surface area contributed by atoms with E-state index in [0.29, 0.717) is 37.3 Å². The molecule has 1 aromatic rings. The quantitative estimate of drug-likeness (QED) is 0.0287. The van der Waals surface area contributed by atoms with Crippen molar-refractivity contribution in [1.82, 2.24) is 5.32 Å². The molecule has 1 unspecified atom stereocenters. The minimum absolute atomic E-state index is 0. The van der Waals surface area contributed by atoms with Gasteiger partial charge in [0.05, 0.1) is 12.0 Å². The number of carbonyl (C=O) groups is 2. The normalized spacial score (nSPS) is 16.7. The molecule has 0 spiro atoms. The van der Waals surface area contributed by atoms with Crippen LogP contribution in [0.5, 0.6) is 0 Å². The molecule has 1 fully saturated rings. The van der Waals surface area contributed by atoms with Gasteiger partial charge in [-0.05, 0) is 85.7 Å².